The molecule has 0 atom stereocenters. The molecule has 0 aliphatic rings. The quantitative estimate of drug-likeness (QED) is 0.275. The molecule has 0 unspecified atom stereocenters. The lowest BCUT2D eigenvalue weighted by molar-refractivity contribution is -0.00978. The van der Waals surface area contributed by atoms with Crippen molar-refractivity contribution in [2.24, 2.45) is 0 Å². The molecule has 0 fully saturated rings. The summed E-state index contributed by atoms with van der Waals surface area (Å²) in [5, 5.41) is 0. The Morgan fingerprint density at radius 1 is 0.657 bits per heavy atom. The van der Waals surface area contributed by atoms with Crippen molar-refractivity contribution in [3.63, 3.8) is 0 Å². The van der Waals surface area contributed by atoms with Crippen LogP contribution in [0.15, 0.2) is 36.4 Å². The van der Waals surface area contributed by atoms with Gasteiger partial charge in [0.2, 0.25) is 0 Å². The Labute approximate surface area is 211 Å². The molecule has 2 aromatic carbocycles. The number of methoxy groups -OCH3 is 1. The summed E-state index contributed by atoms with van der Waals surface area (Å²) in [6.45, 7) is 10.6. The van der Waals surface area contributed by atoms with Crippen LogP contribution in [-0.4, -0.2) is 92.2 Å². The van der Waals surface area contributed by atoms with E-state index in [9.17, 15) is 0 Å². The van der Waals surface area contributed by atoms with Crippen LogP contribution in [0.25, 0.3) is 11.1 Å². The number of nitrogens with zero attached hydrogens (tertiary/aromatic N) is 1. The zero-order valence-electron chi connectivity index (χ0n) is 22.1. The monoisotopic (exact) mass is 489 g/mol. The topological polar surface area (TPSA) is 58.6 Å². The molecule has 0 heterocycles. The minimum absolute atomic E-state index is 0.490. The molecule has 196 valence electrons. The Morgan fingerprint density at radius 3 is 1.80 bits per heavy atom. The fourth-order valence-corrected chi connectivity index (χ4v) is 3.53. The van der Waals surface area contributed by atoms with E-state index in [0.717, 1.165) is 12.3 Å². The summed E-state index contributed by atoms with van der Waals surface area (Å²) < 4.78 is 32.9. The van der Waals surface area contributed by atoms with Gasteiger partial charge in [-0.2, -0.15) is 0 Å². The molecule has 0 bridgehead atoms. The van der Waals surface area contributed by atoms with E-state index >= 15 is 0 Å². The van der Waals surface area contributed by atoms with E-state index in [0.29, 0.717) is 66.1 Å². The van der Waals surface area contributed by atoms with Crippen molar-refractivity contribution in [1.29, 1.82) is 0 Å². The van der Waals surface area contributed by atoms with Gasteiger partial charge in [0.15, 0.2) is 0 Å². The fourth-order valence-electron chi connectivity index (χ4n) is 3.53. The second-order valence-corrected chi connectivity index (χ2v) is 8.71. The van der Waals surface area contributed by atoms with Crippen LogP contribution in [0.2, 0.25) is 0 Å². The van der Waals surface area contributed by atoms with Gasteiger partial charge in [0.1, 0.15) is 12.4 Å². The van der Waals surface area contributed by atoms with Crippen LogP contribution in [0.3, 0.4) is 0 Å². The van der Waals surface area contributed by atoms with Crippen LogP contribution >= 0.6 is 0 Å². The van der Waals surface area contributed by atoms with Gasteiger partial charge in [-0.3, -0.25) is 0 Å². The smallest absolute Gasteiger partial charge is 0.120 e. The first-order valence-corrected chi connectivity index (χ1v) is 12.3. The van der Waals surface area contributed by atoms with Crippen molar-refractivity contribution in [2.75, 3.05) is 87.3 Å². The highest BCUT2D eigenvalue weighted by Gasteiger charge is 2.08. The summed E-state index contributed by atoms with van der Waals surface area (Å²) in [5.41, 5.74) is 6.15. The first kappa shape index (κ1) is 29.2. The third kappa shape index (κ3) is 12.5. The summed E-state index contributed by atoms with van der Waals surface area (Å²) in [7, 11) is 5.81. The van der Waals surface area contributed by atoms with Gasteiger partial charge in [0, 0.05) is 13.7 Å². The molecule has 7 heteroatoms. The van der Waals surface area contributed by atoms with Gasteiger partial charge in [0.25, 0.3) is 0 Å². The van der Waals surface area contributed by atoms with Crippen LogP contribution in [-0.2, 0) is 30.2 Å². The molecule has 0 saturated heterocycles. The summed E-state index contributed by atoms with van der Waals surface area (Å²) in [5.74, 6) is 0.864. The minimum Gasteiger partial charge on any atom is -0.491 e. The molecule has 0 aliphatic heterocycles. The molecule has 0 spiro atoms. The van der Waals surface area contributed by atoms with Gasteiger partial charge < -0.3 is 33.3 Å². The van der Waals surface area contributed by atoms with E-state index in [1.165, 1.54) is 27.8 Å². The maximum atomic E-state index is 6.04. The molecule has 0 aromatic heterocycles. The predicted octanol–water partition coefficient (Wildman–Crippen LogP) is 4.12. The van der Waals surface area contributed by atoms with Crippen LogP contribution in [0, 0.1) is 13.8 Å². The second-order valence-electron chi connectivity index (χ2n) is 8.71. The highest BCUT2D eigenvalue weighted by atomic mass is 16.6. The molecule has 0 saturated carbocycles. The maximum absolute atomic E-state index is 6.04. The van der Waals surface area contributed by atoms with Gasteiger partial charge in [-0.05, 0) is 68.4 Å². The Kier molecular flexibility index (Phi) is 14.6. The molecule has 2 aromatic rings. The van der Waals surface area contributed by atoms with E-state index in [-0.39, 0.29) is 0 Å². The normalized spacial score (nSPS) is 11.4. The van der Waals surface area contributed by atoms with Crippen LogP contribution in [0.5, 0.6) is 5.75 Å². The molecule has 35 heavy (non-hydrogen) atoms. The molecule has 7 nitrogen and oxygen atoms in total. The summed E-state index contributed by atoms with van der Waals surface area (Å²) >= 11 is 0. The molecule has 0 radical (unpaired) electrons. The first-order valence-electron chi connectivity index (χ1n) is 12.3. The zero-order valence-corrected chi connectivity index (χ0v) is 22.1. The standard InChI is InChI=1S/C28H43NO6/c1-23-6-7-24(2)28(18-23)26-19-25(22-29(3)4)20-27(21-26)35-17-16-34-15-14-33-13-12-32-11-10-31-9-8-30-5/h6-7,18-21H,8-17,22H2,1-5H3. The predicted molar refractivity (Wildman–Crippen MR) is 139 cm³/mol. The zero-order chi connectivity index (χ0) is 25.3. The number of rotatable bonds is 19. The Balaban J connectivity index is 1.67. The SMILES string of the molecule is COCCOCCOCCOCCOCCOc1cc(CN(C)C)cc(-c2cc(C)ccc2C)c1. The van der Waals surface area contributed by atoms with Gasteiger partial charge >= 0.3 is 0 Å². The number of ether oxygens (including phenoxy) is 6. The van der Waals surface area contributed by atoms with E-state index in [2.05, 4.69) is 69.2 Å². The van der Waals surface area contributed by atoms with E-state index < -0.39 is 0 Å². The molecule has 0 N–H and O–H groups in total. The molecular formula is C28H43NO6. The van der Waals surface area contributed by atoms with Crippen LogP contribution < -0.4 is 4.74 Å². The lowest BCUT2D eigenvalue weighted by atomic mass is 9.96. The average Bonchev–Trinajstić information content (AvgIpc) is 2.82. The first-order chi connectivity index (χ1) is 17.0. The highest BCUT2D eigenvalue weighted by molar-refractivity contribution is 5.70. The largest absolute Gasteiger partial charge is 0.491 e. The molecule has 0 aliphatic carbocycles. The van der Waals surface area contributed by atoms with Crippen LogP contribution in [0.4, 0.5) is 0 Å². The molecule has 2 rings (SSSR count). The summed E-state index contributed by atoms with van der Waals surface area (Å²) in [6, 6.07) is 13.0. The Hall–Kier alpha value is -2.00. The lowest BCUT2D eigenvalue weighted by Gasteiger charge is -2.16. The van der Waals surface area contributed by atoms with Crippen LogP contribution in [0.1, 0.15) is 16.7 Å². The number of benzene rings is 2. The maximum Gasteiger partial charge on any atom is 0.120 e. The van der Waals surface area contributed by atoms with Crippen molar-refractivity contribution in [3.05, 3.63) is 53.1 Å². The summed E-state index contributed by atoms with van der Waals surface area (Å²) in [4.78, 5) is 2.16. The Morgan fingerprint density at radius 2 is 1.23 bits per heavy atom. The average molecular weight is 490 g/mol. The molecule has 0 amide bonds. The lowest BCUT2D eigenvalue weighted by Crippen LogP contribution is -2.14. The fraction of sp³-hybridized carbons (Fsp3) is 0.571. The van der Waals surface area contributed by atoms with E-state index in [1.54, 1.807) is 7.11 Å². The van der Waals surface area contributed by atoms with Gasteiger partial charge in [-0.1, -0.05) is 23.8 Å². The van der Waals surface area contributed by atoms with Gasteiger partial charge in [-0.15, -0.1) is 0 Å². The van der Waals surface area contributed by atoms with E-state index in [1.807, 2.05) is 0 Å². The Bertz CT molecular complexity index is 842. The number of aryl methyl sites for hydroxylation is 2. The van der Waals surface area contributed by atoms with Gasteiger partial charge in [-0.25, -0.2) is 0 Å². The van der Waals surface area contributed by atoms with E-state index in [4.69, 9.17) is 28.4 Å². The number of hydrogen-bond donors (Lipinski definition) is 0. The van der Waals surface area contributed by atoms with Crippen molar-refractivity contribution >= 4 is 0 Å². The third-order valence-electron chi connectivity index (χ3n) is 5.21. The van der Waals surface area contributed by atoms with Crippen molar-refractivity contribution in [2.45, 2.75) is 20.4 Å². The minimum atomic E-state index is 0.490. The van der Waals surface area contributed by atoms with Crippen molar-refractivity contribution < 1.29 is 28.4 Å². The van der Waals surface area contributed by atoms with Crippen molar-refractivity contribution in [3.8, 4) is 16.9 Å². The second kappa shape index (κ2) is 17.4. The number of hydrogen-bond acceptors (Lipinski definition) is 7. The highest BCUT2D eigenvalue weighted by Crippen LogP contribution is 2.30. The van der Waals surface area contributed by atoms with Gasteiger partial charge in [0.05, 0.1) is 59.5 Å². The molecular weight excluding hydrogens is 446 g/mol. The summed E-state index contributed by atoms with van der Waals surface area (Å²) in [6.07, 6.45) is 0. The third-order valence-corrected chi connectivity index (χ3v) is 5.21. The van der Waals surface area contributed by atoms with Crippen molar-refractivity contribution in [1.82, 2.24) is 4.90 Å².